The van der Waals surface area contributed by atoms with Gasteiger partial charge in [-0.2, -0.15) is 0 Å². The van der Waals surface area contributed by atoms with Crippen molar-refractivity contribution in [2.24, 2.45) is 5.92 Å². The Hall–Kier alpha value is -1.09. The lowest BCUT2D eigenvalue weighted by Crippen LogP contribution is -2.24. The molecule has 0 radical (unpaired) electrons. The van der Waals surface area contributed by atoms with E-state index in [0.29, 0.717) is 12.3 Å². The lowest BCUT2D eigenvalue weighted by atomic mass is 9.89. The van der Waals surface area contributed by atoms with Crippen molar-refractivity contribution in [1.29, 1.82) is 0 Å². The van der Waals surface area contributed by atoms with E-state index >= 15 is 0 Å². The molecule has 0 spiro atoms. The first-order valence-corrected chi connectivity index (χ1v) is 6.62. The summed E-state index contributed by atoms with van der Waals surface area (Å²) in [6.07, 6.45) is 6.85. The Morgan fingerprint density at radius 2 is 2.06 bits per heavy atom. The van der Waals surface area contributed by atoms with Crippen LogP contribution in [0.25, 0.3) is 0 Å². The summed E-state index contributed by atoms with van der Waals surface area (Å²) in [5.41, 5.74) is 1.72. The number of pyridine rings is 1. The standard InChI is InChI=1S/C14H22N2O/c1-11-7-8-14(17)13(16-11)10-15-9-12-5-3-2-4-6-12/h7-8,12,15,17H,2-6,9-10H2,1H3. The fraction of sp³-hybridized carbons (Fsp3) is 0.643. The highest BCUT2D eigenvalue weighted by atomic mass is 16.3. The maximum absolute atomic E-state index is 9.67. The number of nitrogens with one attached hydrogen (secondary N) is 1. The van der Waals surface area contributed by atoms with Crippen LogP contribution in [0.15, 0.2) is 12.1 Å². The molecular formula is C14H22N2O. The van der Waals surface area contributed by atoms with Crippen LogP contribution >= 0.6 is 0 Å². The summed E-state index contributed by atoms with van der Waals surface area (Å²) in [6, 6.07) is 3.56. The second-order valence-corrected chi connectivity index (χ2v) is 5.05. The zero-order chi connectivity index (χ0) is 12.1. The highest BCUT2D eigenvalue weighted by Crippen LogP contribution is 2.23. The summed E-state index contributed by atoms with van der Waals surface area (Å²) in [5.74, 6) is 1.11. The van der Waals surface area contributed by atoms with E-state index in [-0.39, 0.29) is 0 Å². The third-order valence-corrected chi connectivity index (χ3v) is 3.54. The molecule has 94 valence electrons. The molecule has 0 bridgehead atoms. The molecule has 0 unspecified atom stereocenters. The number of aromatic nitrogens is 1. The topological polar surface area (TPSA) is 45.1 Å². The average molecular weight is 234 g/mol. The smallest absolute Gasteiger partial charge is 0.138 e. The second-order valence-electron chi connectivity index (χ2n) is 5.05. The molecule has 1 heterocycles. The van der Waals surface area contributed by atoms with E-state index in [4.69, 9.17) is 0 Å². The van der Waals surface area contributed by atoms with Crippen molar-refractivity contribution in [3.05, 3.63) is 23.5 Å². The Morgan fingerprint density at radius 1 is 1.29 bits per heavy atom. The minimum atomic E-state index is 0.298. The first-order valence-electron chi connectivity index (χ1n) is 6.62. The van der Waals surface area contributed by atoms with Crippen LogP contribution in [0, 0.1) is 12.8 Å². The molecule has 1 aliphatic carbocycles. The van der Waals surface area contributed by atoms with Crippen molar-refractivity contribution in [3.8, 4) is 5.75 Å². The third-order valence-electron chi connectivity index (χ3n) is 3.54. The molecule has 0 aromatic carbocycles. The van der Waals surface area contributed by atoms with Crippen molar-refractivity contribution >= 4 is 0 Å². The van der Waals surface area contributed by atoms with Crippen molar-refractivity contribution in [1.82, 2.24) is 10.3 Å². The van der Waals surface area contributed by atoms with Gasteiger partial charge in [-0.1, -0.05) is 19.3 Å². The normalized spacial score (nSPS) is 17.2. The maximum Gasteiger partial charge on any atom is 0.138 e. The summed E-state index contributed by atoms with van der Waals surface area (Å²) >= 11 is 0. The van der Waals surface area contributed by atoms with Gasteiger partial charge in [-0.15, -0.1) is 0 Å². The van der Waals surface area contributed by atoms with E-state index in [1.165, 1.54) is 32.1 Å². The SMILES string of the molecule is Cc1ccc(O)c(CNCC2CCCCC2)n1. The third kappa shape index (κ3) is 3.70. The molecule has 2 rings (SSSR count). The molecule has 1 aliphatic rings. The molecule has 1 fully saturated rings. The molecule has 3 nitrogen and oxygen atoms in total. The Balaban J connectivity index is 1.79. The Bertz CT molecular complexity index is 359. The zero-order valence-electron chi connectivity index (χ0n) is 10.6. The van der Waals surface area contributed by atoms with Crippen molar-refractivity contribution in [2.75, 3.05) is 6.54 Å². The Labute approximate surface area is 103 Å². The molecule has 17 heavy (non-hydrogen) atoms. The minimum Gasteiger partial charge on any atom is -0.506 e. The van der Waals surface area contributed by atoms with E-state index in [2.05, 4.69) is 10.3 Å². The van der Waals surface area contributed by atoms with Gasteiger partial charge >= 0.3 is 0 Å². The maximum atomic E-state index is 9.67. The predicted octanol–water partition coefficient (Wildman–Crippen LogP) is 2.77. The van der Waals surface area contributed by atoms with Gasteiger partial charge in [0.25, 0.3) is 0 Å². The Kier molecular flexibility index (Phi) is 4.37. The van der Waals surface area contributed by atoms with E-state index < -0.39 is 0 Å². The molecule has 0 saturated heterocycles. The van der Waals surface area contributed by atoms with Crippen LogP contribution in [-0.2, 0) is 6.54 Å². The van der Waals surface area contributed by atoms with E-state index in [0.717, 1.165) is 23.9 Å². The van der Waals surface area contributed by atoms with Gasteiger partial charge < -0.3 is 10.4 Å². The van der Waals surface area contributed by atoms with Gasteiger partial charge in [0.05, 0.1) is 5.69 Å². The van der Waals surface area contributed by atoms with Crippen LogP contribution in [-0.4, -0.2) is 16.6 Å². The zero-order valence-corrected chi connectivity index (χ0v) is 10.6. The van der Waals surface area contributed by atoms with Gasteiger partial charge in [-0.05, 0) is 44.4 Å². The van der Waals surface area contributed by atoms with Crippen LogP contribution in [0.4, 0.5) is 0 Å². The fourth-order valence-corrected chi connectivity index (χ4v) is 2.52. The van der Waals surface area contributed by atoms with Crippen molar-refractivity contribution < 1.29 is 5.11 Å². The van der Waals surface area contributed by atoms with Crippen LogP contribution < -0.4 is 5.32 Å². The average Bonchev–Trinajstić information content (AvgIpc) is 2.35. The molecule has 1 aromatic rings. The minimum absolute atomic E-state index is 0.298. The highest BCUT2D eigenvalue weighted by Gasteiger charge is 2.13. The summed E-state index contributed by atoms with van der Waals surface area (Å²) in [4.78, 5) is 4.34. The van der Waals surface area contributed by atoms with Crippen LogP contribution in [0.5, 0.6) is 5.75 Å². The van der Waals surface area contributed by atoms with Crippen LogP contribution in [0.1, 0.15) is 43.5 Å². The number of aromatic hydroxyl groups is 1. The first kappa shape index (κ1) is 12.4. The van der Waals surface area contributed by atoms with E-state index in [1.807, 2.05) is 13.0 Å². The van der Waals surface area contributed by atoms with Gasteiger partial charge in [0, 0.05) is 12.2 Å². The summed E-state index contributed by atoms with van der Waals surface area (Å²) in [7, 11) is 0. The quantitative estimate of drug-likeness (QED) is 0.842. The first-order chi connectivity index (χ1) is 8.25. The number of hydrogen-bond acceptors (Lipinski definition) is 3. The van der Waals surface area contributed by atoms with Gasteiger partial charge in [0.15, 0.2) is 0 Å². The van der Waals surface area contributed by atoms with Gasteiger partial charge in [0.1, 0.15) is 5.75 Å². The highest BCUT2D eigenvalue weighted by molar-refractivity contribution is 5.27. The monoisotopic (exact) mass is 234 g/mol. The lowest BCUT2D eigenvalue weighted by Gasteiger charge is -2.21. The second kappa shape index (κ2) is 6.01. The summed E-state index contributed by atoms with van der Waals surface area (Å²) < 4.78 is 0. The summed E-state index contributed by atoms with van der Waals surface area (Å²) in [6.45, 7) is 3.67. The molecule has 0 atom stereocenters. The van der Waals surface area contributed by atoms with Gasteiger partial charge in [-0.3, -0.25) is 4.98 Å². The molecule has 0 aliphatic heterocycles. The molecule has 3 heteroatoms. The predicted molar refractivity (Wildman–Crippen MR) is 68.9 cm³/mol. The number of aryl methyl sites for hydroxylation is 1. The number of rotatable bonds is 4. The molecule has 1 saturated carbocycles. The summed E-state index contributed by atoms with van der Waals surface area (Å²) in [5, 5.41) is 13.1. The van der Waals surface area contributed by atoms with Gasteiger partial charge in [0.2, 0.25) is 0 Å². The molecule has 2 N–H and O–H groups in total. The fourth-order valence-electron chi connectivity index (χ4n) is 2.52. The number of nitrogens with zero attached hydrogens (tertiary/aromatic N) is 1. The number of hydrogen-bond donors (Lipinski definition) is 2. The molecular weight excluding hydrogens is 212 g/mol. The van der Waals surface area contributed by atoms with Crippen LogP contribution in [0.2, 0.25) is 0 Å². The van der Waals surface area contributed by atoms with E-state index in [1.54, 1.807) is 6.07 Å². The van der Waals surface area contributed by atoms with Crippen LogP contribution in [0.3, 0.4) is 0 Å². The van der Waals surface area contributed by atoms with Crippen molar-refractivity contribution in [2.45, 2.75) is 45.6 Å². The Morgan fingerprint density at radius 3 is 2.82 bits per heavy atom. The molecule has 0 amide bonds. The largest absolute Gasteiger partial charge is 0.506 e. The molecule has 1 aromatic heterocycles. The lowest BCUT2D eigenvalue weighted by molar-refractivity contribution is 0.340. The van der Waals surface area contributed by atoms with E-state index in [9.17, 15) is 5.11 Å². The van der Waals surface area contributed by atoms with Gasteiger partial charge in [-0.25, -0.2) is 0 Å². The van der Waals surface area contributed by atoms with Crippen molar-refractivity contribution in [3.63, 3.8) is 0 Å².